The van der Waals surface area contributed by atoms with Crippen LogP contribution in [0.3, 0.4) is 0 Å². The van der Waals surface area contributed by atoms with Gasteiger partial charge in [0.05, 0.1) is 5.57 Å². The zero-order valence-electron chi connectivity index (χ0n) is 14.3. The number of carbonyl (C=O) groups excluding carboxylic acids is 1. The van der Waals surface area contributed by atoms with Crippen molar-refractivity contribution in [3.8, 4) is 11.1 Å². The topological polar surface area (TPSA) is 82.2 Å². The number of carboxylic acid groups (broad SMARTS) is 1. The van der Waals surface area contributed by atoms with E-state index in [1.54, 1.807) is 37.3 Å². The third-order valence-corrected chi connectivity index (χ3v) is 4.54. The van der Waals surface area contributed by atoms with Gasteiger partial charge in [-0.25, -0.2) is 9.18 Å². The van der Waals surface area contributed by atoms with E-state index in [-0.39, 0.29) is 17.4 Å². The maximum Gasteiger partial charge on any atom is 0.352 e. The number of hydrogen-bond donors (Lipinski definition) is 3. The molecule has 0 aliphatic carbocycles. The minimum Gasteiger partial charge on any atom is -0.477 e. The molecule has 0 fully saturated rings. The van der Waals surface area contributed by atoms with Crippen LogP contribution in [-0.2, 0) is 4.79 Å². The van der Waals surface area contributed by atoms with Crippen molar-refractivity contribution in [3.63, 3.8) is 0 Å². The molecule has 27 heavy (non-hydrogen) atoms. The van der Waals surface area contributed by atoms with Crippen molar-refractivity contribution in [3.05, 3.63) is 76.9 Å². The molecule has 5 nitrogen and oxygen atoms in total. The number of aromatic carboxylic acids is 1. The molecular formula is C21H15FN2O3. The van der Waals surface area contributed by atoms with E-state index in [2.05, 4.69) is 10.3 Å². The maximum absolute atomic E-state index is 13.7. The summed E-state index contributed by atoms with van der Waals surface area (Å²) >= 11 is 0. The molecule has 1 aliphatic heterocycles. The molecule has 3 aromatic rings. The lowest BCUT2D eigenvalue weighted by Crippen LogP contribution is -2.03. The number of amides is 1. The average Bonchev–Trinajstić information content (AvgIpc) is 3.15. The van der Waals surface area contributed by atoms with E-state index in [0.717, 1.165) is 5.56 Å². The first-order chi connectivity index (χ1) is 12.9. The summed E-state index contributed by atoms with van der Waals surface area (Å²) < 4.78 is 13.7. The zero-order valence-corrected chi connectivity index (χ0v) is 14.3. The van der Waals surface area contributed by atoms with Crippen molar-refractivity contribution in [2.24, 2.45) is 0 Å². The Balaban J connectivity index is 1.90. The van der Waals surface area contributed by atoms with Gasteiger partial charge in [-0.15, -0.1) is 0 Å². The second kappa shape index (κ2) is 6.25. The fraction of sp³-hybridized carbons (Fsp3) is 0.0476. The SMILES string of the molecule is Cc1cc(C(=O)O)[nH]c1/C=C1\C(=O)Nc2cccc(-c3cccc(F)c3)c21. The van der Waals surface area contributed by atoms with Gasteiger partial charge in [-0.05, 0) is 54.0 Å². The minimum atomic E-state index is -1.07. The largest absolute Gasteiger partial charge is 0.477 e. The van der Waals surface area contributed by atoms with Crippen LogP contribution in [0.15, 0.2) is 48.5 Å². The van der Waals surface area contributed by atoms with Crippen molar-refractivity contribution >= 4 is 29.2 Å². The van der Waals surface area contributed by atoms with Crippen LogP contribution in [0.1, 0.15) is 27.3 Å². The molecule has 0 saturated heterocycles. The van der Waals surface area contributed by atoms with Gasteiger partial charge in [-0.1, -0.05) is 24.3 Å². The summed E-state index contributed by atoms with van der Waals surface area (Å²) in [6.45, 7) is 1.77. The lowest BCUT2D eigenvalue weighted by atomic mass is 9.94. The molecule has 0 spiro atoms. The molecule has 0 atom stereocenters. The van der Waals surface area contributed by atoms with Crippen LogP contribution >= 0.6 is 0 Å². The number of halogens is 1. The molecule has 134 valence electrons. The Morgan fingerprint density at radius 1 is 1.15 bits per heavy atom. The number of aromatic nitrogens is 1. The monoisotopic (exact) mass is 362 g/mol. The minimum absolute atomic E-state index is 0.0522. The Morgan fingerprint density at radius 2 is 1.93 bits per heavy atom. The summed E-state index contributed by atoms with van der Waals surface area (Å²) in [4.78, 5) is 26.5. The van der Waals surface area contributed by atoms with Gasteiger partial charge < -0.3 is 15.4 Å². The summed E-state index contributed by atoms with van der Waals surface area (Å²) in [5.74, 6) is -1.72. The number of carboxylic acids is 1. The Labute approximate surface area is 154 Å². The molecular weight excluding hydrogens is 347 g/mol. The van der Waals surface area contributed by atoms with Gasteiger partial charge in [0.1, 0.15) is 11.5 Å². The number of aryl methyl sites for hydroxylation is 1. The van der Waals surface area contributed by atoms with Crippen molar-refractivity contribution in [2.45, 2.75) is 6.92 Å². The molecule has 1 amide bonds. The van der Waals surface area contributed by atoms with E-state index in [1.807, 2.05) is 6.07 Å². The highest BCUT2D eigenvalue weighted by molar-refractivity contribution is 6.36. The first-order valence-electron chi connectivity index (χ1n) is 8.29. The van der Waals surface area contributed by atoms with Crippen LogP contribution in [0.25, 0.3) is 22.8 Å². The highest BCUT2D eigenvalue weighted by atomic mass is 19.1. The number of hydrogen-bond acceptors (Lipinski definition) is 2. The second-order valence-electron chi connectivity index (χ2n) is 6.34. The molecule has 6 heteroatoms. The number of nitrogens with one attached hydrogen (secondary N) is 2. The summed E-state index contributed by atoms with van der Waals surface area (Å²) in [6, 6.07) is 13.1. The summed E-state index contributed by atoms with van der Waals surface area (Å²) in [7, 11) is 0. The van der Waals surface area contributed by atoms with Crippen LogP contribution in [-0.4, -0.2) is 22.0 Å². The zero-order chi connectivity index (χ0) is 19.1. The molecule has 2 heterocycles. The number of fused-ring (bicyclic) bond motifs is 1. The normalized spacial score (nSPS) is 14.3. The molecule has 4 rings (SSSR count). The number of carbonyl (C=O) groups is 2. The first-order valence-corrected chi connectivity index (χ1v) is 8.29. The van der Waals surface area contributed by atoms with E-state index in [4.69, 9.17) is 5.11 Å². The lowest BCUT2D eigenvalue weighted by molar-refractivity contribution is -0.110. The van der Waals surface area contributed by atoms with Gasteiger partial charge in [-0.2, -0.15) is 0 Å². The number of benzene rings is 2. The molecule has 0 radical (unpaired) electrons. The first kappa shape index (κ1) is 16.8. The average molecular weight is 362 g/mol. The number of rotatable bonds is 3. The second-order valence-corrected chi connectivity index (χ2v) is 6.34. The molecule has 0 saturated carbocycles. The Bertz CT molecular complexity index is 1130. The van der Waals surface area contributed by atoms with E-state index >= 15 is 0 Å². The highest BCUT2D eigenvalue weighted by Crippen LogP contribution is 2.40. The van der Waals surface area contributed by atoms with Gasteiger partial charge in [0.2, 0.25) is 0 Å². The molecule has 1 aliphatic rings. The van der Waals surface area contributed by atoms with Gasteiger partial charge in [0.15, 0.2) is 0 Å². The summed E-state index contributed by atoms with van der Waals surface area (Å²) in [5.41, 5.74) is 4.38. The van der Waals surface area contributed by atoms with Gasteiger partial charge >= 0.3 is 5.97 Å². The predicted molar refractivity (Wildman–Crippen MR) is 101 cm³/mol. The molecule has 2 aromatic carbocycles. The fourth-order valence-corrected chi connectivity index (χ4v) is 3.27. The van der Waals surface area contributed by atoms with E-state index in [1.165, 1.54) is 18.2 Å². The Kier molecular flexibility index (Phi) is 3.88. The number of anilines is 1. The van der Waals surface area contributed by atoms with Gasteiger partial charge in [0, 0.05) is 16.9 Å². The van der Waals surface area contributed by atoms with Crippen LogP contribution in [0.5, 0.6) is 0 Å². The van der Waals surface area contributed by atoms with Crippen LogP contribution in [0, 0.1) is 12.7 Å². The maximum atomic E-state index is 13.7. The Hall–Kier alpha value is -3.67. The number of H-pyrrole nitrogens is 1. The fourth-order valence-electron chi connectivity index (χ4n) is 3.27. The smallest absolute Gasteiger partial charge is 0.352 e. The lowest BCUT2D eigenvalue weighted by Gasteiger charge is -2.09. The molecule has 1 aromatic heterocycles. The number of aromatic amines is 1. The van der Waals surface area contributed by atoms with Crippen molar-refractivity contribution < 1.29 is 19.1 Å². The molecule has 0 bridgehead atoms. The van der Waals surface area contributed by atoms with Crippen LogP contribution in [0.2, 0.25) is 0 Å². The van der Waals surface area contributed by atoms with Crippen molar-refractivity contribution in [1.82, 2.24) is 4.98 Å². The third kappa shape index (κ3) is 2.91. The summed E-state index contributed by atoms with van der Waals surface area (Å²) in [6.07, 6.45) is 1.63. The van der Waals surface area contributed by atoms with Crippen LogP contribution in [0.4, 0.5) is 10.1 Å². The van der Waals surface area contributed by atoms with E-state index < -0.39 is 5.97 Å². The van der Waals surface area contributed by atoms with Gasteiger partial charge in [0.25, 0.3) is 5.91 Å². The quantitative estimate of drug-likeness (QED) is 0.607. The van der Waals surface area contributed by atoms with Crippen molar-refractivity contribution in [1.29, 1.82) is 0 Å². The van der Waals surface area contributed by atoms with E-state index in [9.17, 15) is 14.0 Å². The predicted octanol–water partition coefficient (Wildman–Crippen LogP) is 4.32. The van der Waals surface area contributed by atoms with Crippen LogP contribution < -0.4 is 5.32 Å². The summed E-state index contributed by atoms with van der Waals surface area (Å²) in [5, 5.41) is 12.0. The van der Waals surface area contributed by atoms with Gasteiger partial charge in [-0.3, -0.25) is 4.79 Å². The molecule has 3 N–H and O–H groups in total. The third-order valence-electron chi connectivity index (χ3n) is 4.54. The highest BCUT2D eigenvalue weighted by Gasteiger charge is 2.27. The van der Waals surface area contributed by atoms with E-state index in [0.29, 0.717) is 33.6 Å². The Morgan fingerprint density at radius 3 is 2.63 bits per heavy atom. The standard InChI is InChI=1S/C21H15FN2O3/c1-11-8-18(21(26)27)23-17(11)10-15-19-14(12-4-2-5-13(22)9-12)6-3-7-16(19)24-20(15)25/h2-10,23H,1H3,(H,24,25)(H,26,27)/b15-10-. The van der Waals surface area contributed by atoms with Crippen molar-refractivity contribution in [2.75, 3.05) is 5.32 Å². The molecule has 0 unspecified atom stereocenters.